The molecule has 72 valence electrons. The monoisotopic (exact) mass is 186 g/mol. The molecule has 6 nitrogen and oxygen atoms in total. The maximum atomic E-state index is 11.1. The predicted molar refractivity (Wildman–Crippen MR) is 41.7 cm³/mol. The summed E-state index contributed by atoms with van der Waals surface area (Å²) in [7, 11) is 0. The Kier molecular flexibility index (Phi) is 2.84. The topological polar surface area (TPSA) is 75.7 Å². The zero-order chi connectivity index (χ0) is 9.84. The Bertz CT molecular complexity index is 235. The molecule has 1 fully saturated rings. The second-order valence-electron chi connectivity index (χ2n) is 2.53. The molecule has 0 aromatic rings. The van der Waals surface area contributed by atoms with Crippen LogP contribution in [0.1, 0.15) is 6.92 Å². The molecule has 0 aromatic carbocycles. The van der Waals surface area contributed by atoms with Crippen LogP contribution in [0.2, 0.25) is 0 Å². The number of carbonyl (C=O) groups excluding carboxylic acids is 3. The molecule has 0 atom stereocenters. The van der Waals surface area contributed by atoms with Gasteiger partial charge in [-0.05, 0) is 6.92 Å². The highest BCUT2D eigenvalue weighted by Gasteiger charge is 2.26. The van der Waals surface area contributed by atoms with Crippen LogP contribution in [-0.2, 0) is 14.3 Å². The van der Waals surface area contributed by atoms with Gasteiger partial charge in [-0.15, -0.1) is 0 Å². The number of piperazine rings is 1. The number of nitrogens with one attached hydrogen (secondary N) is 1. The van der Waals surface area contributed by atoms with Gasteiger partial charge in [-0.25, -0.2) is 4.79 Å². The van der Waals surface area contributed by atoms with E-state index in [4.69, 9.17) is 0 Å². The lowest BCUT2D eigenvalue weighted by atomic mass is 10.4. The summed E-state index contributed by atoms with van der Waals surface area (Å²) >= 11 is 0. The van der Waals surface area contributed by atoms with Crippen LogP contribution in [-0.4, -0.2) is 42.5 Å². The molecule has 0 spiro atoms. The van der Waals surface area contributed by atoms with E-state index >= 15 is 0 Å². The molecule has 6 heteroatoms. The number of amides is 3. The van der Waals surface area contributed by atoms with E-state index in [1.165, 1.54) is 0 Å². The van der Waals surface area contributed by atoms with Crippen LogP contribution in [0.15, 0.2) is 0 Å². The third-order valence-electron chi connectivity index (χ3n) is 1.47. The lowest BCUT2D eigenvalue weighted by Gasteiger charge is -2.24. The van der Waals surface area contributed by atoms with E-state index < -0.39 is 17.9 Å². The second-order valence-corrected chi connectivity index (χ2v) is 2.53. The molecule has 0 unspecified atom stereocenters. The molecule has 1 rings (SSSR count). The zero-order valence-electron chi connectivity index (χ0n) is 7.20. The maximum Gasteiger partial charge on any atom is 0.410 e. The number of hydrogen-bond donors (Lipinski definition) is 1. The highest BCUT2D eigenvalue weighted by Crippen LogP contribution is 1.97. The summed E-state index contributed by atoms with van der Waals surface area (Å²) in [5.74, 6) is -0.964. The van der Waals surface area contributed by atoms with Gasteiger partial charge in [-0.3, -0.25) is 19.8 Å². The van der Waals surface area contributed by atoms with Gasteiger partial charge in [0.2, 0.25) is 11.8 Å². The van der Waals surface area contributed by atoms with E-state index in [0.29, 0.717) is 0 Å². The second kappa shape index (κ2) is 3.88. The van der Waals surface area contributed by atoms with Crippen LogP contribution in [0.5, 0.6) is 0 Å². The van der Waals surface area contributed by atoms with E-state index in [2.05, 4.69) is 10.1 Å². The SMILES string of the molecule is CCOC(=O)N1CC(=O)NC(=O)C1. The van der Waals surface area contributed by atoms with Crippen molar-refractivity contribution in [2.75, 3.05) is 19.7 Å². The summed E-state index contributed by atoms with van der Waals surface area (Å²) in [5.41, 5.74) is 0. The number of carbonyl (C=O) groups is 3. The Morgan fingerprint density at radius 1 is 1.46 bits per heavy atom. The lowest BCUT2D eigenvalue weighted by Crippen LogP contribution is -2.53. The molecule has 1 aliphatic heterocycles. The molecule has 0 bridgehead atoms. The van der Waals surface area contributed by atoms with Gasteiger partial charge >= 0.3 is 6.09 Å². The van der Waals surface area contributed by atoms with Gasteiger partial charge in [0.15, 0.2) is 0 Å². The fourth-order valence-electron chi connectivity index (χ4n) is 0.981. The van der Waals surface area contributed by atoms with Gasteiger partial charge < -0.3 is 4.74 Å². The maximum absolute atomic E-state index is 11.1. The van der Waals surface area contributed by atoms with Crippen molar-refractivity contribution in [2.24, 2.45) is 0 Å². The van der Waals surface area contributed by atoms with Crippen molar-refractivity contribution in [3.63, 3.8) is 0 Å². The Morgan fingerprint density at radius 2 is 2.00 bits per heavy atom. The normalized spacial score (nSPS) is 16.8. The third kappa shape index (κ3) is 2.43. The molecular weight excluding hydrogens is 176 g/mol. The first-order chi connectivity index (χ1) is 6.13. The van der Waals surface area contributed by atoms with Crippen LogP contribution in [0, 0.1) is 0 Å². The van der Waals surface area contributed by atoms with Crippen LogP contribution in [0.3, 0.4) is 0 Å². The zero-order valence-corrected chi connectivity index (χ0v) is 7.20. The third-order valence-corrected chi connectivity index (χ3v) is 1.47. The molecule has 1 saturated heterocycles. The smallest absolute Gasteiger partial charge is 0.410 e. The van der Waals surface area contributed by atoms with Crippen molar-refractivity contribution in [3.05, 3.63) is 0 Å². The summed E-state index contributed by atoms with van der Waals surface area (Å²) in [4.78, 5) is 33.7. The fourth-order valence-corrected chi connectivity index (χ4v) is 0.981. The molecular formula is C7H10N2O4. The average Bonchev–Trinajstić information content (AvgIpc) is 2.03. The number of rotatable bonds is 1. The van der Waals surface area contributed by atoms with Gasteiger partial charge in [0.05, 0.1) is 6.61 Å². The number of ether oxygens (including phenoxy) is 1. The van der Waals surface area contributed by atoms with Gasteiger partial charge in [0.25, 0.3) is 0 Å². The van der Waals surface area contributed by atoms with Crippen molar-refractivity contribution < 1.29 is 19.1 Å². The number of hydrogen-bond acceptors (Lipinski definition) is 4. The predicted octanol–water partition coefficient (Wildman–Crippen LogP) is -0.899. The molecule has 13 heavy (non-hydrogen) atoms. The van der Waals surface area contributed by atoms with E-state index in [1.54, 1.807) is 6.92 Å². The standard InChI is InChI=1S/C7H10N2O4/c1-2-13-7(12)9-3-5(10)8-6(11)4-9/h2-4H2,1H3,(H,8,10,11). The molecule has 0 saturated carbocycles. The molecule has 3 amide bonds. The highest BCUT2D eigenvalue weighted by atomic mass is 16.6. The van der Waals surface area contributed by atoms with Crippen molar-refractivity contribution in [3.8, 4) is 0 Å². The molecule has 1 heterocycles. The van der Waals surface area contributed by atoms with Crippen molar-refractivity contribution >= 4 is 17.9 Å². The van der Waals surface area contributed by atoms with Crippen LogP contribution >= 0.6 is 0 Å². The molecule has 1 N–H and O–H groups in total. The fraction of sp³-hybridized carbons (Fsp3) is 0.571. The van der Waals surface area contributed by atoms with E-state index in [9.17, 15) is 14.4 Å². The summed E-state index contributed by atoms with van der Waals surface area (Å²) in [6, 6.07) is 0. The largest absolute Gasteiger partial charge is 0.450 e. The Morgan fingerprint density at radius 3 is 2.46 bits per heavy atom. The van der Waals surface area contributed by atoms with Gasteiger partial charge in [0, 0.05) is 0 Å². The Balaban J connectivity index is 2.54. The minimum absolute atomic E-state index is 0.120. The van der Waals surface area contributed by atoms with E-state index in [-0.39, 0.29) is 19.7 Å². The van der Waals surface area contributed by atoms with Crippen LogP contribution in [0.4, 0.5) is 4.79 Å². The van der Waals surface area contributed by atoms with Gasteiger partial charge in [-0.2, -0.15) is 0 Å². The summed E-state index contributed by atoms with van der Waals surface area (Å²) in [6.07, 6.45) is -0.634. The lowest BCUT2D eigenvalue weighted by molar-refractivity contribution is -0.135. The summed E-state index contributed by atoms with van der Waals surface area (Å²) in [5, 5.41) is 2.08. The average molecular weight is 186 g/mol. The minimum Gasteiger partial charge on any atom is -0.450 e. The first-order valence-electron chi connectivity index (χ1n) is 3.88. The number of nitrogens with zero attached hydrogens (tertiary/aromatic N) is 1. The number of imide groups is 1. The Hall–Kier alpha value is -1.59. The van der Waals surface area contributed by atoms with Gasteiger partial charge in [-0.1, -0.05) is 0 Å². The van der Waals surface area contributed by atoms with Crippen molar-refractivity contribution in [1.29, 1.82) is 0 Å². The first kappa shape index (κ1) is 9.50. The highest BCUT2D eigenvalue weighted by molar-refractivity contribution is 6.01. The molecule has 1 aliphatic rings. The molecule has 0 radical (unpaired) electrons. The van der Waals surface area contributed by atoms with Crippen LogP contribution in [0.25, 0.3) is 0 Å². The van der Waals surface area contributed by atoms with E-state index in [1.807, 2.05) is 0 Å². The quantitative estimate of drug-likeness (QED) is 0.538. The van der Waals surface area contributed by atoms with Gasteiger partial charge in [0.1, 0.15) is 13.1 Å². The summed E-state index contributed by atoms with van der Waals surface area (Å²) in [6.45, 7) is 1.64. The van der Waals surface area contributed by atoms with Crippen molar-refractivity contribution in [1.82, 2.24) is 10.2 Å². The van der Waals surface area contributed by atoms with E-state index in [0.717, 1.165) is 4.90 Å². The minimum atomic E-state index is -0.634. The Labute approximate surface area is 74.8 Å². The first-order valence-corrected chi connectivity index (χ1v) is 3.88. The van der Waals surface area contributed by atoms with Crippen molar-refractivity contribution in [2.45, 2.75) is 6.92 Å². The molecule has 0 aliphatic carbocycles. The summed E-state index contributed by atoms with van der Waals surface area (Å²) < 4.78 is 4.63. The van der Waals surface area contributed by atoms with Crippen LogP contribution < -0.4 is 5.32 Å². The molecule has 0 aromatic heterocycles.